The smallest absolute Gasteiger partial charge is 0.226 e. The van der Waals surface area contributed by atoms with Gasteiger partial charge in [-0.3, -0.25) is 4.79 Å². The van der Waals surface area contributed by atoms with Gasteiger partial charge in [0, 0.05) is 31.6 Å². The van der Waals surface area contributed by atoms with Gasteiger partial charge in [0.25, 0.3) is 0 Å². The van der Waals surface area contributed by atoms with Gasteiger partial charge in [-0.15, -0.1) is 12.4 Å². The Hall–Kier alpha value is -1.92. The van der Waals surface area contributed by atoms with Crippen molar-refractivity contribution in [3.05, 3.63) is 42.0 Å². The molecule has 1 amide bonds. The quantitative estimate of drug-likeness (QED) is 0.879. The monoisotopic (exact) mass is 325 g/mol. The van der Waals surface area contributed by atoms with Gasteiger partial charge >= 0.3 is 0 Å². The summed E-state index contributed by atoms with van der Waals surface area (Å²) in [6, 6.07) is 5.98. The summed E-state index contributed by atoms with van der Waals surface area (Å²) >= 11 is 0. The molecule has 3 rings (SSSR count). The van der Waals surface area contributed by atoms with Crippen LogP contribution < -0.4 is 10.6 Å². The van der Waals surface area contributed by atoms with Crippen molar-refractivity contribution in [2.45, 2.75) is 6.42 Å². The number of oxazole rings is 1. The second-order valence-corrected chi connectivity index (χ2v) is 5.05. The minimum Gasteiger partial charge on any atom is -0.444 e. The van der Waals surface area contributed by atoms with Crippen molar-refractivity contribution in [1.82, 2.24) is 15.6 Å². The first-order valence-electron chi connectivity index (χ1n) is 6.91. The third-order valence-corrected chi connectivity index (χ3v) is 3.48. The highest BCUT2D eigenvalue weighted by atomic mass is 35.5. The molecule has 2 N–H and O–H groups in total. The number of nitrogens with one attached hydrogen (secondary N) is 2. The molecular weight excluding hydrogens is 309 g/mol. The minimum atomic E-state index is -0.293. The number of benzene rings is 1. The molecule has 0 radical (unpaired) electrons. The van der Waals surface area contributed by atoms with Gasteiger partial charge in [-0.1, -0.05) is 0 Å². The summed E-state index contributed by atoms with van der Waals surface area (Å²) in [7, 11) is 0. The number of rotatable bonds is 5. The maximum absolute atomic E-state index is 12.9. The summed E-state index contributed by atoms with van der Waals surface area (Å²) in [5.41, 5.74) is 1.49. The molecule has 5 nitrogen and oxygen atoms in total. The summed E-state index contributed by atoms with van der Waals surface area (Å²) in [5, 5.41) is 5.94. The summed E-state index contributed by atoms with van der Waals surface area (Å²) in [6.45, 7) is 2.04. The predicted molar refractivity (Wildman–Crippen MR) is 82.2 cm³/mol. The van der Waals surface area contributed by atoms with Gasteiger partial charge in [0.05, 0.1) is 11.6 Å². The zero-order valence-electron chi connectivity index (χ0n) is 11.8. The molecule has 2 heterocycles. The van der Waals surface area contributed by atoms with Crippen molar-refractivity contribution in [3.8, 4) is 11.5 Å². The lowest BCUT2D eigenvalue weighted by molar-refractivity contribution is -0.126. The number of nitrogens with zero attached hydrogens (tertiary/aromatic N) is 1. The molecule has 1 aromatic carbocycles. The normalized spacial score (nSPS) is 14.0. The van der Waals surface area contributed by atoms with Crippen LogP contribution >= 0.6 is 12.4 Å². The second-order valence-electron chi connectivity index (χ2n) is 5.05. The maximum Gasteiger partial charge on any atom is 0.226 e. The number of halogens is 2. The van der Waals surface area contributed by atoms with Crippen LogP contribution in [0.3, 0.4) is 0 Å². The van der Waals surface area contributed by atoms with E-state index in [1.54, 1.807) is 18.4 Å². The standard InChI is InChI=1S/C15H16FN3O2.ClH/c16-12-3-1-10(2-4-12)15-19-13(9-21-15)5-6-18-14(20)11-7-17-8-11;/h1-4,9,11,17H,5-8H2,(H,18,20);1H. The van der Waals surface area contributed by atoms with E-state index in [-0.39, 0.29) is 30.0 Å². The van der Waals surface area contributed by atoms with Crippen molar-refractivity contribution in [2.75, 3.05) is 19.6 Å². The van der Waals surface area contributed by atoms with Crippen molar-refractivity contribution in [3.63, 3.8) is 0 Å². The lowest BCUT2D eigenvalue weighted by Crippen LogP contribution is -2.51. The van der Waals surface area contributed by atoms with Crippen LogP contribution in [0.5, 0.6) is 0 Å². The van der Waals surface area contributed by atoms with E-state index in [1.807, 2.05) is 0 Å². The lowest BCUT2D eigenvalue weighted by atomic mass is 10.0. The Morgan fingerprint density at radius 1 is 1.36 bits per heavy atom. The highest BCUT2D eigenvalue weighted by Gasteiger charge is 2.24. The van der Waals surface area contributed by atoms with Gasteiger partial charge < -0.3 is 15.1 Å². The Kier molecular flexibility index (Phi) is 5.51. The Morgan fingerprint density at radius 2 is 2.09 bits per heavy atom. The molecule has 22 heavy (non-hydrogen) atoms. The molecule has 118 valence electrons. The number of hydrogen-bond acceptors (Lipinski definition) is 4. The Labute approximate surface area is 133 Å². The molecule has 0 bridgehead atoms. The first kappa shape index (κ1) is 16.5. The van der Waals surface area contributed by atoms with Crippen molar-refractivity contribution < 1.29 is 13.6 Å². The Balaban J connectivity index is 0.00000176. The van der Waals surface area contributed by atoms with Crippen LogP contribution in [0.4, 0.5) is 4.39 Å². The van der Waals surface area contributed by atoms with Gasteiger partial charge in [-0.05, 0) is 24.3 Å². The van der Waals surface area contributed by atoms with Gasteiger partial charge in [-0.2, -0.15) is 0 Å². The van der Waals surface area contributed by atoms with Crippen LogP contribution in [0, 0.1) is 11.7 Å². The van der Waals surface area contributed by atoms with Crippen molar-refractivity contribution in [1.29, 1.82) is 0 Å². The molecule has 1 aliphatic rings. The number of aromatic nitrogens is 1. The molecule has 1 fully saturated rings. The number of carbonyl (C=O) groups excluding carboxylic acids is 1. The van der Waals surface area contributed by atoms with Gasteiger partial charge in [-0.25, -0.2) is 9.37 Å². The maximum atomic E-state index is 12.9. The van der Waals surface area contributed by atoms with Crippen LogP contribution in [0.25, 0.3) is 11.5 Å². The Morgan fingerprint density at radius 3 is 2.73 bits per heavy atom. The molecule has 1 aliphatic heterocycles. The molecule has 0 saturated carbocycles. The minimum absolute atomic E-state index is 0. The topological polar surface area (TPSA) is 67.2 Å². The highest BCUT2D eigenvalue weighted by molar-refractivity contribution is 5.85. The fourth-order valence-corrected chi connectivity index (χ4v) is 2.08. The van der Waals surface area contributed by atoms with E-state index in [4.69, 9.17) is 4.42 Å². The summed E-state index contributed by atoms with van der Waals surface area (Å²) < 4.78 is 18.2. The summed E-state index contributed by atoms with van der Waals surface area (Å²) in [4.78, 5) is 16.0. The molecule has 0 atom stereocenters. The predicted octanol–water partition coefficient (Wildman–Crippen LogP) is 1.78. The lowest BCUT2D eigenvalue weighted by Gasteiger charge is -2.25. The fraction of sp³-hybridized carbons (Fsp3) is 0.333. The zero-order valence-corrected chi connectivity index (χ0v) is 12.7. The number of amides is 1. The van der Waals surface area contributed by atoms with Crippen LogP contribution in [-0.2, 0) is 11.2 Å². The summed E-state index contributed by atoms with van der Waals surface area (Å²) in [6.07, 6.45) is 2.17. The van der Waals surface area contributed by atoms with Crippen LogP contribution in [0.2, 0.25) is 0 Å². The Bertz CT molecular complexity index is 626. The average Bonchev–Trinajstić information content (AvgIpc) is 2.86. The van der Waals surface area contributed by atoms with E-state index in [0.29, 0.717) is 18.9 Å². The highest BCUT2D eigenvalue weighted by Crippen LogP contribution is 2.19. The van der Waals surface area contributed by atoms with Crippen molar-refractivity contribution >= 4 is 18.3 Å². The van der Waals surface area contributed by atoms with Crippen LogP contribution in [0.1, 0.15) is 5.69 Å². The van der Waals surface area contributed by atoms with Gasteiger partial charge in [0.2, 0.25) is 11.8 Å². The average molecular weight is 326 g/mol. The molecular formula is C15H17ClFN3O2. The molecule has 7 heteroatoms. The zero-order chi connectivity index (χ0) is 14.7. The largest absolute Gasteiger partial charge is 0.444 e. The summed E-state index contributed by atoms with van der Waals surface area (Å²) in [5.74, 6) is 0.339. The van der Waals surface area contributed by atoms with Crippen LogP contribution in [-0.4, -0.2) is 30.5 Å². The number of hydrogen-bond donors (Lipinski definition) is 2. The second kappa shape index (κ2) is 7.38. The van der Waals surface area contributed by atoms with E-state index >= 15 is 0 Å². The van der Waals surface area contributed by atoms with Crippen molar-refractivity contribution in [2.24, 2.45) is 5.92 Å². The molecule has 1 aromatic heterocycles. The van der Waals surface area contributed by atoms with E-state index in [9.17, 15) is 9.18 Å². The third-order valence-electron chi connectivity index (χ3n) is 3.48. The van der Waals surface area contributed by atoms with E-state index in [1.165, 1.54) is 12.1 Å². The van der Waals surface area contributed by atoms with Gasteiger partial charge in [0.15, 0.2) is 0 Å². The van der Waals surface area contributed by atoms with E-state index in [0.717, 1.165) is 24.3 Å². The number of carbonyl (C=O) groups is 1. The van der Waals surface area contributed by atoms with E-state index < -0.39 is 0 Å². The molecule has 0 aliphatic carbocycles. The van der Waals surface area contributed by atoms with Gasteiger partial charge in [0.1, 0.15) is 12.1 Å². The first-order chi connectivity index (χ1) is 10.2. The molecule has 2 aromatic rings. The van der Waals surface area contributed by atoms with E-state index in [2.05, 4.69) is 15.6 Å². The first-order valence-corrected chi connectivity index (χ1v) is 6.91. The SMILES string of the molecule is Cl.O=C(NCCc1coc(-c2ccc(F)cc2)n1)C1CNC1. The van der Waals surface area contributed by atoms with Crippen LogP contribution in [0.15, 0.2) is 34.9 Å². The molecule has 0 unspecified atom stereocenters. The molecule has 0 spiro atoms. The third kappa shape index (κ3) is 3.84. The molecule has 1 saturated heterocycles. The fourth-order valence-electron chi connectivity index (χ4n) is 2.08.